The Bertz CT molecular complexity index is 394. The maximum absolute atomic E-state index is 9.19. The summed E-state index contributed by atoms with van der Waals surface area (Å²) in [5.74, 6) is 0.410. The standard InChI is InChI=1S/C10H17N5O2/c1-7(16)4-6-15(2)10-12-5-3-8(13-10)9(11)14-17/h3,5,7,16-17H,4,6H2,1-2H3,(H2,11,14). The lowest BCUT2D eigenvalue weighted by atomic mass is 10.3. The normalized spacial score (nSPS) is 13.5. The minimum absolute atomic E-state index is 0.0578. The summed E-state index contributed by atoms with van der Waals surface area (Å²) in [6, 6.07) is 1.56. The molecule has 1 aromatic heterocycles. The Balaban J connectivity index is 2.77. The first-order valence-corrected chi connectivity index (χ1v) is 5.24. The molecule has 1 unspecified atom stereocenters. The molecule has 17 heavy (non-hydrogen) atoms. The molecule has 4 N–H and O–H groups in total. The molecule has 0 bridgehead atoms. The van der Waals surface area contributed by atoms with E-state index in [0.29, 0.717) is 24.6 Å². The molecule has 7 heteroatoms. The van der Waals surface area contributed by atoms with Gasteiger partial charge in [0.25, 0.3) is 0 Å². The van der Waals surface area contributed by atoms with E-state index in [1.54, 1.807) is 17.9 Å². The molecular weight excluding hydrogens is 222 g/mol. The molecule has 0 fully saturated rings. The summed E-state index contributed by atoms with van der Waals surface area (Å²) in [5.41, 5.74) is 5.80. The second-order valence-electron chi connectivity index (χ2n) is 3.79. The summed E-state index contributed by atoms with van der Waals surface area (Å²) in [6.07, 6.45) is 1.78. The number of aliphatic hydroxyl groups is 1. The van der Waals surface area contributed by atoms with Gasteiger partial charge in [0.1, 0.15) is 5.69 Å². The Labute approximate surface area is 99.6 Å². The van der Waals surface area contributed by atoms with Gasteiger partial charge in [-0.05, 0) is 19.4 Å². The Kier molecular flexibility index (Phi) is 4.65. The highest BCUT2D eigenvalue weighted by Crippen LogP contribution is 2.06. The molecule has 0 aromatic carbocycles. The Morgan fingerprint density at radius 2 is 2.35 bits per heavy atom. The first-order chi connectivity index (χ1) is 8.04. The van der Waals surface area contributed by atoms with Crippen LogP contribution in [0.1, 0.15) is 19.0 Å². The average molecular weight is 239 g/mol. The van der Waals surface area contributed by atoms with Crippen LogP contribution in [0.5, 0.6) is 0 Å². The fourth-order valence-electron chi connectivity index (χ4n) is 1.21. The number of aromatic nitrogens is 2. The van der Waals surface area contributed by atoms with Crippen LogP contribution in [0, 0.1) is 0 Å². The van der Waals surface area contributed by atoms with Crippen LogP contribution in [0.15, 0.2) is 17.4 Å². The highest BCUT2D eigenvalue weighted by molar-refractivity contribution is 5.95. The molecule has 0 aliphatic heterocycles. The zero-order valence-electron chi connectivity index (χ0n) is 9.91. The van der Waals surface area contributed by atoms with E-state index in [0.717, 1.165) is 0 Å². The van der Waals surface area contributed by atoms with Crippen LogP contribution in [0.3, 0.4) is 0 Å². The molecule has 1 atom stereocenters. The second kappa shape index (κ2) is 6.00. The van der Waals surface area contributed by atoms with Crippen molar-refractivity contribution < 1.29 is 10.3 Å². The lowest BCUT2D eigenvalue weighted by Gasteiger charge is -2.17. The molecule has 0 aliphatic rings. The van der Waals surface area contributed by atoms with Crippen LogP contribution in [0.25, 0.3) is 0 Å². The molecule has 0 radical (unpaired) electrons. The van der Waals surface area contributed by atoms with Gasteiger partial charge in [0.05, 0.1) is 6.10 Å². The van der Waals surface area contributed by atoms with E-state index in [1.807, 2.05) is 7.05 Å². The number of amidine groups is 1. The van der Waals surface area contributed by atoms with E-state index < -0.39 is 0 Å². The second-order valence-corrected chi connectivity index (χ2v) is 3.79. The average Bonchev–Trinajstić information content (AvgIpc) is 2.35. The number of hydrogen-bond acceptors (Lipinski definition) is 6. The van der Waals surface area contributed by atoms with Crippen LogP contribution < -0.4 is 10.6 Å². The number of hydrogen-bond donors (Lipinski definition) is 3. The molecule has 1 aromatic rings. The highest BCUT2D eigenvalue weighted by atomic mass is 16.4. The predicted molar refractivity (Wildman–Crippen MR) is 64.1 cm³/mol. The van der Waals surface area contributed by atoms with Gasteiger partial charge in [-0.2, -0.15) is 0 Å². The molecular formula is C10H17N5O2. The van der Waals surface area contributed by atoms with Crippen molar-refractivity contribution in [3.8, 4) is 0 Å². The highest BCUT2D eigenvalue weighted by Gasteiger charge is 2.08. The van der Waals surface area contributed by atoms with Crippen molar-refractivity contribution >= 4 is 11.8 Å². The fourth-order valence-corrected chi connectivity index (χ4v) is 1.21. The van der Waals surface area contributed by atoms with Gasteiger partial charge in [0.15, 0.2) is 5.84 Å². The van der Waals surface area contributed by atoms with Gasteiger partial charge in [-0.25, -0.2) is 9.97 Å². The van der Waals surface area contributed by atoms with Crippen LogP contribution in [-0.4, -0.2) is 45.8 Å². The molecule has 94 valence electrons. The van der Waals surface area contributed by atoms with E-state index in [2.05, 4.69) is 15.1 Å². The molecule has 0 amide bonds. The van der Waals surface area contributed by atoms with Crippen LogP contribution in [-0.2, 0) is 0 Å². The molecule has 0 spiro atoms. The zero-order chi connectivity index (χ0) is 12.8. The summed E-state index contributed by atoms with van der Waals surface area (Å²) in [5, 5.41) is 20.6. The number of aliphatic hydroxyl groups excluding tert-OH is 1. The SMILES string of the molecule is CC(O)CCN(C)c1nccc(/C(N)=N/O)n1. The minimum atomic E-state index is -0.371. The van der Waals surface area contributed by atoms with Crippen molar-refractivity contribution in [1.29, 1.82) is 0 Å². The first-order valence-electron chi connectivity index (χ1n) is 5.24. The van der Waals surface area contributed by atoms with Gasteiger partial charge < -0.3 is 20.9 Å². The van der Waals surface area contributed by atoms with E-state index in [4.69, 9.17) is 10.9 Å². The van der Waals surface area contributed by atoms with Crippen LogP contribution in [0.2, 0.25) is 0 Å². The van der Waals surface area contributed by atoms with Gasteiger partial charge in [0, 0.05) is 19.8 Å². The van der Waals surface area contributed by atoms with Gasteiger partial charge in [-0.15, -0.1) is 0 Å². The minimum Gasteiger partial charge on any atom is -0.409 e. The van der Waals surface area contributed by atoms with Gasteiger partial charge in [-0.3, -0.25) is 0 Å². The molecule has 0 aliphatic carbocycles. The maximum atomic E-state index is 9.19. The Morgan fingerprint density at radius 3 is 2.94 bits per heavy atom. The van der Waals surface area contributed by atoms with Crippen molar-refractivity contribution in [1.82, 2.24) is 9.97 Å². The Hall–Kier alpha value is -1.89. The van der Waals surface area contributed by atoms with Gasteiger partial charge >= 0.3 is 0 Å². The number of oxime groups is 1. The third-order valence-electron chi connectivity index (χ3n) is 2.24. The monoisotopic (exact) mass is 239 g/mol. The van der Waals surface area contributed by atoms with Crippen LogP contribution >= 0.6 is 0 Å². The molecule has 1 heterocycles. The van der Waals surface area contributed by atoms with Gasteiger partial charge in [-0.1, -0.05) is 5.16 Å². The van der Waals surface area contributed by atoms with Crippen molar-refractivity contribution in [2.75, 3.05) is 18.5 Å². The maximum Gasteiger partial charge on any atom is 0.225 e. The lowest BCUT2D eigenvalue weighted by molar-refractivity contribution is 0.186. The topological polar surface area (TPSA) is 108 Å². The fraction of sp³-hybridized carbons (Fsp3) is 0.500. The number of rotatable bonds is 5. The predicted octanol–water partition coefficient (Wildman–Crippen LogP) is -0.222. The van der Waals surface area contributed by atoms with Crippen molar-refractivity contribution in [2.45, 2.75) is 19.4 Å². The molecule has 0 saturated carbocycles. The summed E-state index contributed by atoms with van der Waals surface area (Å²) < 4.78 is 0. The van der Waals surface area contributed by atoms with Crippen molar-refractivity contribution in [2.24, 2.45) is 10.9 Å². The molecule has 7 nitrogen and oxygen atoms in total. The third kappa shape index (κ3) is 3.87. The molecule has 0 saturated heterocycles. The quantitative estimate of drug-likeness (QED) is 0.284. The van der Waals surface area contributed by atoms with E-state index in [-0.39, 0.29) is 11.9 Å². The smallest absolute Gasteiger partial charge is 0.225 e. The van der Waals surface area contributed by atoms with Crippen LogP contribution in [0.4, 0.5) is 5.95 Å². The number of nitrogens with zero attached hydrogens (tertiary/aromatic N) is 4. The molecule has 1 rings (SSSR count). The van der Waals surface area contributed by atoms with E-state index in [9.17, 15) is 5.11 Å². The summed E-state index contributed by atoms with van der Waals surface area (Å²) in [6.45, 7) is 2.35. The summed E-state index contributed by atoms with van der Waals surface area (Å²) in [4.78, 5) is 10.0. The lowest BCUT2D eigenvalue weighted by Crippen LogP contribution is -2.25. The number of anilines is 1. The van der Waals surface area contributed by atoms with Gasteiger partial charge in [0.2, 0.25) is 5.95 Å². The van der Waals surface area contributed by atoms with Crippen molar-refractivity contribution in [3.63, 3.8) is 0 Å². The summed E-state index contributed by atoms with van der Waals surface area (Å²) in [7, 11) is 1.81. The Morgan fingerprint density at radius 1 is 1.65 bits per heavy atom. The van der Waals surface area contributed by atoms with Crippen molar-refractivity contribution in [3.05, 3.63) is 18.0 Å². The summed E-state index contributed by atoms with van der Waals surface area (Å²) >= 11 is 0. The largest absolute Gasteiger partial charge is 0.409 e. The zero-order valence-corrected chi connectivity index (χ0v) is 9.91. The van der Waals surface area contributed by atoms with E-state index in [1.165, 1.54) is 6.20 Å². The number of nitrogens with two attached hydrogens (primary N) is 1. The first kappa shape index (κ1) is 13.2. The third-order valence-corrected chi connectivity index (χ3v) is 2.24. The van der Waals surface area contributed by atoms with E-state index >= 15 is 0 Å².